The molecule has 16 heavy (non-hydrogen) atoms. The van der Waals surface area contributed by atoms with E-state index in [0.717, 1.165) is 30.2 Å². The normalized spacial score (nSPS) is 17.4. The van der Waals surface area contributed by atoms with Gasteiger partial charge < -0.3 is 4.90 Å². The molecule has 1 heterocycles. The molecule has 1 aromatic rings. The highest BCUT2D eigenvalue weighted by atomic mass is 32.2. The Morgan fingerprint density at radius 1 is 1.44 bits per heavy atom. The van der Waals surface area contributed by atoms with Crippen molar-refractivity contribution in [2.24, 2.45) is 0 Å². The number of amides is 1. The molecule has 1 aliphatic rings. The fourth-order valence-electron chi connectivity index (χ4n) is 2.05. The number of nitrogens with zero attached hydrogens (tertiary/aromatic N) is 1. The molecule has 1 unspecified atom stereocenters. The minimum Gasteiger partial charge on any atom is -0.332 e. The number of hydrogen-bond donors (Lipinski definition) is 0. The lowest BCUT2D eigenvalue weighted by Crippen LogP contribution is -2.32. The fourth-order valence-corrected chi connectivity index (χ4v) is 3.00. The van der Waals surface area contributed by atoms with Crippen LogP contribution in [0.2, 0.25) is 0 Å². The quantitative estimate of drug-likeness (QED) is 0.803. The lowest BCUT2D eigenvalue weighted by Gasteiger charge is -2.21. The van der Waals surface area contributed by atoms with Crippen LogP contribution >= 0.6 is 11.8 Å². The van der Waals surface area contributed by atoms with Crippen LogP contribution in [-0.4, -0.2) is 29.0 Å². The van der Waals surface area contributed by atoms with Gasteiger partial charge in [-0.2, -0.15) is 0 Å². The smallest absolute Gasteiger partial charge is 0.230 e. The number of carbonyl (C=O) groups excluding carboxylic acids is 1. The SMILES string of the molecule is CCC(C(=O)N1CCSC1)c1ccccc1. The van der Waals surface area contributed by atoms with E-state index in [9.17, 15) is 4.79 Å². The molecule has 3 heteroatoms. The summed E-state index contributed by atoms with van der Waals surface area (Å²) in [7, 11) is 0. The van der Waals surface area contributed by atoms with Gasteiger partial charge in [-0.3, -0.25) is 4.79 Å². The van der Waals surface area contributed by atoms with Crippen LogP contribution in [0, 0.1) is 0 Å². The third kappa shape index (κ3) is 2.40. The summed E-state index contributed by atoms with van der Waals surface area (Å²) in [5, 5.41) is 0. The molecule has 2 rings (SSSR count). The van der Waals surface area contributed by atoms with Crippen molar-refractivity contribution in [3.63, 3.8) is 0 Å². The number of carbonyl (C=O) groups is 1. The van der Waals surface area contributed by atoms with Gasteiger partial charge in [0.25, 0.3) is 0 Å². The van der Waals surface area contributed by atoms with Gasteiger partial charge in [0.2, 0.25) is 5.91 Å². The van der Waals surface area contributed by atoms with Crippen molar-refractivity contribution >= 4 is 17.7 Å². The molecular weight excluding hydrogens is 218 g/mol. The molecule has 0 radical (unpaired) electrons. The van der Waals surface area contributed by atoms with Crippen molar-refractivity contribution in [2.45, 2.75) is 19.3 Å². The van der Waals surface area contributed by atoms with Gasteiger partial charge >= 0.3 is 0 Å². The molecule has 1 aromatic carbocycles. The van der Waals surface area contributed by atoms with Crippen LogP contribution in [0.4, 0.5) is 0 Å². The monoisotopic (exact) mass is 235 g/mol. The highest BCUT2D eigenvalue weighted by Crippen LogP contribution is 2.25. The molecule has 0 N–H and O–H groups in total. The fraction of sp³-hybridized carbons (Fsp3) is 0.462. The Morgan fingerprint density at radius 2 is 2.19 bits per heavy atom. The van der Waals surface area contributed by atoms with Crippen LogP contribution in [0.5, 0.6) is 0 Å². The van der Waals surface area contributed by atoms with Crippen LogP contribution in [0.25, 0.3) is 0 Å². The first-order chi connectivity index (χ1) is 7.83. The molecule has 1 saturated heterocycles. The first kappa shape index (κ1) is 11.5. The Labute approximate surface area is 101 Å². The van der Waals surface area contributed by atoms with Gasteiger partial charge in [0.15, 0.2) is 0 Å². The Morgan fingerprint density at radius 3 is 2.75 bits per heavy atom. The number of thioether (sulfide) groups is 1. The minimum atomic E-state index is 0.0416. The zero-order valence-corrected chi connectivity index (χ0v) is 10.4. The molecule has 1 fully saturated rings. The lowest BCUT2D eigenvalue weighted by molar-refractivity contribution is -0.131. The van der Waals surface area contributed by atoms with E-state index in [1.807, 2.05) is 34.9 Å². The Hall–Kier alpha value is -0.960. The van der Waals surface area contributed by atoms with Gasteiger partial charge in [0, 0.05) is 12.3 Å². The first-order valence-electron chi connectivity index (χ1n) is 5.74. The van der Waals surface area contributed by atoms with Crippen LogP contribution < -0.4 is 0 Å². The summed E-state index contributed by atoms with van der Waals surface area (Å²) in [6.45, 7) is 2.99. The van der Waals surface area contributed by atoms with Gasteiger partial charge in [-0.25, -0.2) is 0 Å². The van der Waals surface area contributed by atoms with Crippen molar-refractivity contribution in [1.82, 2.24) is 4.90 Å². The summed E-state index contributed by atoms with van der Waals surface area (Å²) in [4.78, 5) is 14.3. The van der Waals surface area contributed by atoms with Crippen molar-refractivity contribution < 1.29 is 4.79 Å². The summed E-state index contributed by atoms with van der Waals surface area (Å²) in [5.74, 6) is 2.28. The molecular formula is C13H17NOS. The van der Waals surface area contributed by atoms with Crippen molar-refractivity contribution in [2.75, 3.05) is 18.2 Å². The van der Waals surface area contributed by atoms with E-state index in [4.69, 9.17) is 0 Å². The zero-order chi connectivity index (χ0) is 11.4. The summed E-state index contributed by atoms with van der Waals surface area (Å²) in [6, 6.07) is 10.1. The van der Waals surface area contributed by atoms with Crippen LogP contribution in [0.3, 0.4) is 0 Å². The average Bonchev–Trinajstić information content (AvgIpc) is 2.85. The largest absolute Gasteiger partial charge is 0.332 e. The predicted molar refractivity (Wildman–Crippen MR) is 68.5 cm³/mol. The second kappa shape index (κ2) is 5.39. The van der Waals surface area contributed by atoms with Crippen LogP contribution in [0.15, 0.2) is 30.3 Å². The van der Waals surface area contributed by atoms with E-state index < -0.39 is 0 Å². The summed E-state index contributed by atoms with van der Waals surface area (Å²) in [5.41, 5.74) is 1.15. The Balaban J connectivity index is 2.13. The molecule has 86 valence electrons. The average molecular weight is 235 g/mol. The van der Waals surface area contributed by atoms with Gasteiger partial charge in [-0.05, 0) is 12.0 Å². The van der Waals surface area contributed by atoms with E-state index in [2.05, 4.69) is 19.1 Å². The maximum absolute atomic E-state index is 12.3. The molecule has 0 aromatic heterocycles. The van der Waals surface area contributed by atoms with E-state index in [1.54, 1.807) is 0 Å². The van der Waals surface area contributed by atoms with E-state index in [0.29, 0.717) is 5.91 Å². The predicted octanol–water partition coefficient (Wildman–Crippen LogP) is 2.71. The van der Waals surface area contributed by atoms with E-state index >= 15 is 0 Å². The maximum atomic E-state index is 12.3. The van der Waals surface area contributed by atoms with Gasteiger partial charge in [0.05, 0.1) is 11.8 Å². The highest BCUT2D eigenvalue weighted by Gasteiger charge is 2.26. The van der Waals surface area contributed by atoms with Crippen LogP contribution in [0.1, 0.15) is 24.8 Å². The topological polar surface area (TPSA) is 20.3 Å². The number of benzene rings is 1. The van der Waals surface area contributed by atoms with Crippen molar-refractivity contribution in [1.29, 1.82) is 0 Å². The third-order valence-electron chi connectivity index (χ3n) is 2.97. The standard InChI is InChI=1S/C13H17NOS/c1-2-12(11-6-4-3-5-7-11)13(15)14-8-9-16-10-14/h3-7,12H,2,8-10H2,1H3. The van der Waals surface area contributed by atoms with Gasteiger partial charge in [-0.1, -0.05) is 37.3 Å². The molecule has 2 nitrogen and oxygen atoms in total. The van der Waals surface area contributed by atoms with Gasteiger partial charge in [0.1, 0.15) is 0 Å². The third-order valence-corrected chi connectivity index (χ3v) is 3.94. The molecule has 0 saturated carbocycles. The number of hydrogen-bond acceptors (Lipinski definition) is 2. The molecule has 0 aliphatic carbocycles. The van der Waals surface area contributed by atoms with Gasteiger partial charge in [-0.15, -0.1) is 11.8 Å². The highest BCUT2D eigenvalue weighted by molar-refractivity contribution is 7.99. The van der Waals surface area contributed by atoms with Crippen molar-refractivity contribution in [3.05, 3.63) is 35.9 Å². The summed E-state index contributed by atoms with van der Waals surface area (Å²) in [6.07, 6.45) is 0.879. The lowest BCUT2D eigenvalue weighted by atomic mass is 9.95. The summed E-state index contributed by atoms with van der Waals surface area (Å²) < 4.78 is 0. The minimum absolute atomic E-state index is 0.0416. The zero-order valence-electron chi connectivity index (χ0n) is 9.56. The second-order valence-electron chi connectivity index (χ2n) is 4.01. The Bertz CT molecular complexity index is 346. The first-order valence-corrected chi connectivity index (χ1v) is 6.90. The van der Waals surface area contributed by atoms with Crippen molar-refractivity contribution in [3.8, 4) is 0 Å². The second-order valence-corrected chi connectivity index (χ2v) is 5.09. The summed E-state index contributed by atoms with van der Waals surface area (Å²) >= 11 is 1.84. The number of rotatable bonds is 3. The molecule has 1 atom stereocenters. The molecule has 1 aliphatic heterocycles. The molecule has 0 spiro atoms. The van der Waals surface area contributed by atoms with Crippen LogP contribution in [-0.2, 0) is 4.79 Å². The van der Waals surface area contributed by atoms with E-state index in [1.165, 1.54) is 0 Å². The van der Waals surface area contributed by atoms with E-state index in [-0.39, 0.29) is 5.92 Å². The molecule has 1 amide bonds. The molecule has 0 bridgehead atoms. The maximum Gasteiger partial charge on any atom is 0.230 e. The Kier molecular flexibility index (Phi) is 3.88.